The van der Waals surface area contributed by atoms with Crippen LogP contribution in [0.25, 0.3) is 0 Å². The molecule has 13 heteroatoms. The lowest BCUT2D eigenvalue weighted by molar-refractivity contribution is -0.192. The Bertz CT molecular complexity index is 759. The van der Waals surface area contributed by atoms with Crippen molar-refractivity contribution >= 4 is 27.4 Å². The zero-order chi connectivity index (χ0) is 20.3. The number of benzene rings is 1. The number of hydrogen-bond donors (Lipinski definition) is 2. The van der Waals surface area contributed by atoms with Crippen LogP contribution in [0.1, 0.15) is 5.56 Å². The van der Waals surface area contributed by atoms with Crippen LogP contribution >= 0.6 is 11.6 Å². The lowest BCUT2D eigenvalue weighted by atomic mass is 10.1. The molecule has 1 fully saturated rings. The highest BCUT2D eigenvalue weighted by molar-refractivity contribution is 7.91. The van der Waals surface area contributed by atoms with Crippen molar-refractivity contribution in [3.05, 3.63) is 28.8 Å². The van der Waals surface area contributed by atoms with E-state index in [0.717, 1.165) is 12.1 Å². The summed E-state index contributed by atoms with van der Waals surface area (Å²) < 4.78 is 93.1. The number of halogens is 7. The number of sulfone groups is 1. The van der Waals surface area contributed by atoms with Gasteiger partial charge in [-0.1, -0.05) is 11.6 Å². The van der Waals surface area contributed by atoms with Gasteiger partial charge in [-0.25, -0.2) is 13.2 Å². The molecule has 1 heterocycles. The van der Waals surface area contributed by atoms with Gasteiger partial charge in [0.2, 0.25) is 0 Å². The molecule has 0 saturated carbocycles. The summed E-state index contributed by atoms with van der Waals surface area (Å²) in [6.45, 7) is 1.19. The smallest absolute Gasteiger partial charge is 0.475 e. The topological polar surface area (TPSA) is 83.5 Å². The zero-order valence-electron chi connectivity index (χ0n) is 12.7. The van der Waals surface area contributed by atoms with Crippen molar-refractivity contribution in [3.63, 3.8) is 0 Å². The summed E-state index contributed by atoms with van der Waals surface area (Å²) in [4.78, 5) is 8.65. The quantitative estimate of drug-likeness (QED) is 0.725. The molecule has 0 amide bonds. The Labute approximate surface area is 148 Å². The minimum Gasteiger partial charge on any atom is -0.475 e. The summed E-state index contributed by atoms with van der Waals surface area (Å²) in [5, 5.41) is 9.67. The van der Waals surface area contributed by atoms with Gasteiger partial charge in [0.05, 0.1) is 21.2 Å². The zero-order valence-corrected chi connectivity index (χ0v) is 14.2. The van der Waals surface area contributed by atoms with E-state index in [1.807, 2.05) is 0 Å². The van der Waals surface area contributed by atoms with Crippen molar-refractivity contribution in [3.8, 4) is 0 Å². The second kappa shape index (κ2) is 8.01. The molecule has 148 valence electrons. The predicted octanol–water partition coefficient (Wildman–Crippen LogP) is 2.99. The number of hydrogen-bond acceptors (Lipinski definition) is 4. The first-order valence-electron chi connectivity index (χ1n) is 6.75. The number of aliphatic carboxylic acids is 1. The fraction of sp³-hybridized carbons (Fsp3) is 0.462. The minimum absolute atomic E-state index is 0.0108. The van der Waals surface area contributed by atoms with Crippen molar-refractivity contribution in [2.75, 3.05) is 18.8 Å². The van der Waals surface area contributed by atoms with Gasteiger partial charge in [-0.3, -0.25) is 0 Å². The van der Waals surface area contributed by atoms with E-state index in [1.165, 1.54) is 0 Å². The molecule has 0 unspecified atom stereocenters. The molecule has 0 spiro atoms. The molecule has 1 aliphatic heterocycles. The molecule has 0 bridgehead atoms. The molecule has 1 aromatic carbocycles. The van der Waals surface area contributed by atoms with Crippen molar-refractivity contribution in [1.82, 2.24) is 5.32 Å². The monoisotopic (exact) mass is 427 g/mol. The highest BCUT2D eigenvalue weighted by Crippen LogP contribution is 2.34. The number of carbonyl (C=O) groups is 1. The van der Waals surface area contributed by atoms with Crippen LogP contribution in [0.2, 0.25) is 5.02 Å². The van der Waals surface area contributed by atoms with Crippen LogP contribution in [0.15, 0.2) is 23.1 Å². The summed E-state index contributed by atoms with van der Waals surface area (Å²) in [5.41, 5.74) is -0.957. The van der Waals surface area contributed by atoms with Gasteiger partial charge >= 0.3 is 18.3 Å². The number of carboxylic acid groups (broad SMARTS) is 1. The van der Waals surface area contributed by atoms with Gasteiger partial charge in [0.25, 0.3) is 0 Å². The van der Waals surface area contributed by atoms with Crippen LogP contribution in [0.4, 0.5) is 26.3 Å². The van der Waals surface area contributed by atoms with Gasteiger partial charge in [-0.15, -0.1) is 0 Å². The van der Waals surface area contributed by atoms with Gasteiger partial charge in [0.1, 0.15) is 0 Å². The summed E-state index contributed by atoms with van der Waals surface area (Å²) in [6.07, 6.45) is -9.62. The van der Waals surface area contributed by atoms with Crippen LogP contribution in [0.5, 0.6) is 0 Å². The van der Waals surface area contributed by atoms with Gasteiger partial charge in [0, 0.05) is 13.1 Å². The second-order valence-corrected chi connectivity index (χ2v) is 7.66. The molecular weight excluding hydrogens is 416 g/mol. The Morgan fingerprint density at radius 3 is 2.00 bits per heavy atom. The molecule has 1 aromatic rings. The van der Waals surface area contributed by atoms with Crippen molar-refractivity contribution in [2.24, 2.45) is 5.92 Å². The third-order valence-electron chi connectivity index (χ3n) is 3.16. The summed E-state index contributed by atoms with van der Waals surface area (Å²) >= 11 is 5.67. The normalized spacial score (nSPS) is 15.7. The lowest BCUT2D eigenvalue weighted by Gasteiger charge is -2.26. The molecule has 0 aliphatic carbocycles. The third kappa shape index (κ3) is 6.32. The van der Waals surface area contributed by atoms with Gasteiger partial charge in [-0.2, -0.15) is 26.3 Å². The standard InChI is InChI=1S/C11H11ClF3NO2S.C2HF3O2/c12-9-3-8(11(13,14)15)1-2-10(9)19(17,18)6-7-4-16-5-7;3-2(4,5)1(6)7/h1-3,7,16H,4-6H2;(H,6,7). The molecular formula is C13H12ClF6NO4S. The van der Waals surface area contributed by atoms with Crippen LogP contribution in [0, 0.1) is 5.92 Å². The fourth-order valence-electron chi connectivity index (χ4n) is 1.80. The summed E-state index contributed by atoms with van der Waals surface area (Å²) in [6, 6.07) is 2.30. The van der Waals surface area contributed by atoms with Crippen LogP contribution in [0.3, 0.4) is 0 Å². The van der Waals surface area contributed by atoms with Crippen LogP contribution < -0.4 is 5.32 Å². The van der Waals surface area contributed by atoms with E-state index < -0.39 is 33.7 Å². The largest absolute Gasteiger partial charge is 0.490 e. The Balaban J connectivity index is 0.000000412. The van der Waals surface area contributed by atoms with Gasteiger partial charge in [-0.05, 0) is 24.1 Å². The first kappa shape index (κ1) is 22.5. The first-order valence-corrected chi connectivity index (χ1v) is 8.78. The van der Waals surface area contributed by atoms with Crippen molar-refractivity contribution in [2.45, 2.75) is 17.2 Å². The van der Waals surface area contributed by atoms with E-state index in [9.17, 15) is 34.8 Å². The average Bonchev–Trinajstić information content (AvgIpc) is 2.41. The molecule has 0 atom stereocenters. The molecule has 0 radical (unpaired) electrons. The maximum atomic E-state index is 12.5. The molecule has 1 aliphatic rings. The summed E-state index contributed by atoms with van der Waals surface area (Å²) in [7, 11) is -3.65. The predicted molar refractivity (Wildman–Crippen MR) is 78.6 cm³/mol. The third-order valence-corrected chi connectivity index (χ3v) is 5.52. The Morgan fingerprint density at radius 2 is 1.69 bits per heavy atom. The molecule has 1 saturated heterocycles. The summed E-state index contributed by atoms with van der Waals surface area (Å²) in [5.74, 6) is -2.87. The fourth-order valence-corrected chi connectivity index (χ4v) is 4.00. The van der Waals surface area contributed by atoms with E-state index in [0.29, 0.717) is 19.2 Å². The average molecular weight is 428 g/mol. The minimum atomic E-state index is -5.08. The van der Waals surface area contributed by atoms with Crippen molar-refractivity contribution < 1.29 is 44.7 Å². The Kier molecular flexibility index (Phi) is 6.93. The Hall–Kier alpha value is -1.53. The molecule has 2 N–H and O–H groups in total. The number of rotatable bonds is 3. The van der Waals surface area contributed by atoms with E-state index in [4.69, 9.17) is 21.5 Å². The number of carboxylic acids is 1. The maximum absolute atomic E-state index is 12.5. The molecule has 0 aromatic heterocycles. The van der Waals surface area contributed by atoms with Crippen molar-refractivity contribution in [1.29, 1.82) is 0 Å². The number of nitrogens with one attached hydrogen (secondary N) is 1. The van der Waals surface area contributed by atoms with Gasteiger partial charge in [0.15, 0.2) is 9.84 Å². The Morgan fingerprint density at radius 1 is 1.19 bits per heavy atom. The van der Waals surface area contributed by atoms with Gasteiger partial charge < -0.3 is 10.4 Å². The first-order chi connectivity index (χ1) is 11.6. The molecule has 5 nitrogen and oxygen atoms in total. The van der Waals surface area contributed by atoms with Crippen LogP contribution in [-0.4, -0.2) is 44.5 Å². The van der Waals surface area contributed by atoms with E-state index in [-0.39, 0.29) is 21.6 Å². The molecule has 26 heavy (non-hydrogen) atoms. The van der Waals surface area contributed by atoms with E-state index in [2.05, 4.69) is 5.32 Å². The lowest BCUT2D eigenvalue weighted by Crippen LogP contribution is -2.45. The van der Waals surface area contributed by atoms with E-state index in [1.54, 1.807) is 0 Å². The number of alkyl halides is 6. The van der Waals surface area contributed by atoms with Crippen LogP contribution in [-0.2, 0) is 20.8 Å². The highest BCUT2D eigenvalue weighted by atomic mass is 35.5. The highest BCUT2D eigenvalue weighted by Gasteiger charge is 2.38. The maximum Gasteiger partial charge on any atom is 0.490 e. The second-order valence-electron chi connectivity index (χ2n) is 5.25. The molecule has 2 rings (SSSR count). The SMILES string of the molecule is O=C(O)C(F)(F)F.O=S(=O)(CC1CNC1)c1ccc(C(F)(F)F)cc1Cl. The van der Waals surface area contributed by atoms with E-state index >= 15 is 0 Å².